The lowest BCUT2D eigenvalue weighted by Gasteiger charge is -2.15. The molecule has 1 atom stereocenters. The molecule has 2 aromatic rings. The molecule has 1 aromatic heterocycles. The highest BCUT2D eigenvalue weighted by atomic mass is 16.2. The number of rotatable bonds is 3. The minimum Gasteiger partial charge on any atom is -0.341 e. The van der Waals surface area contributed by atoms with Gasteiger partial charge in [0.2, 0.25) is 5.91 Å². The Morgan fingerprint density at radius 1 is 1.26 bits per heavy atom. The zero-order valence-corrected chi connectivity index (χ0v) is 10.7. The number of aromatic nitrogens is 1. The molecule has 98 valence electrons. The van der Waals surface area contributed by atoms with E-state index < -0.39 is 0 Å². The molecule has 0 aliphatic carbocycles. The topological polar surface area (TPSA) is 59.2 Å². The summed E-state index contributed by atoms with van der Waals surface area (Å²) >= 11 is 0. The van der Waals surface area contributed by atoms with E-state index in [0.29, 0.717) is 19.5 Å². The van der Waals surface area contributed by atoms with Crippen LogP contribution in [0.4, 0.5) is 0 Å². The number of para-hydroxylation sites is 1. The Kier molecular flexibility index (Phi) is 3.17. The molecule has 1 aliphatic rings. The molecule has 1 aliphatic heterocycles. The van der Waals surface area contributed by atoms with Crippen LogP contribution in [-0.4, -0.2) is 34.9 Å². The van der Waals surface area contributed by atoms with Gasteiger partial charge in [-0.15, -0.1) is 0 Å². The molecule has 0 radical (unpaired) electrons. The number of hydrogen-bond acceptors (Lipinski definition) is 3. The third-order valence-electron chi connectivity index (χ3n) is 3.54. The summed E-state index contributed by atoms with van der Waals surface area (Å²) in [6, 6.07) is 12.2. The monoisotopic (exact) mass is 255 g/mol. The molecule has 0 spiro atoms. The van der Waals surface area contributed by atoms with Gasteiger partial charge in [-0.05, 0) is 12.1 Å². The van der Waals surface area contributed by atoms with Gasteiger partial charge < -0.3 is 10.6 Å². The molecule has 4 heteroatoms. The summed E-state index contributed by atoms with van der Waals surface area (Å²) in [5, 5.41) is 1.14. The number of hydrogen-bond donors (Lipinski definition) is 1. The number of benzene rings is 1. The first-order valence-electron chi connectivity index (χ1n) is 6.60. The highest BCUT2D eigenvalue weighted by molar-refractivity contribution is 5.79. The van der Waals surface area contributed by atoms with Crippen LogP contribution >= 0.6 is 0 Å². The van der Waals surface area contributed by atoms with Gasteiger partial charge in [0, 0.05) is 43.1 Å². The first-order chi connectivity index (χ1) is 9.22. The molecule has 2 heterocycles. The van der Waals surface area contributed by atoms with Crippen molar-refractivity contribution in [1.29, 1.82) is 0 Å². The van der Waals surface area contributed by atoms with E-state index >= 15 is 0 Å². The number of carbonyl (C=O) groups excluding carboxylic acids is 1. The molecule has 0 bridgehead atoms. The van der Waals surface area contributed by atoms with Crippen molar-refractivity contribution in [3.63, 3.8) is 0 Å². The fourth-order valence-electron chi connectivity index (χ4n) is 2.52. The van der Waals surface area contributed by atoms with Crippen LogP contribution in [0.2, 0.25) is 0 Å². The van der Waals surface area contributed by atoms with E-state index in [0.717, 1.165) is 23.0 Å². The summed E-state index contributed by atoms with van der Waals surface area (Å²) in [6.45, 7) is 1.38. The van der Waals surface area contributed by atoms with Crippen LogP contribution in [0.1, 0.15) is 12.1 Å². The summed E-state index contributed by atoms with van der Waals surface area (Å²) in [7, 11) is 0. The standard InChI is InChI=1S/C15H17N3O/c16-12-9-15(19)18(10-12)8-7-13-6-5-11-3-1-2-4-14(11)17-13/h1-6,12H,7-10,16H2. The Hall–Kier alpha value is -1.94. The largest absolute Gasteiger partial charge is 0.341 e. The normalized spacial score (nSPS) is 19.3. The number of amides is 1. The smallest absolute Gasteiger partial charge is 0.224 e. The van der Waals surface area contributed by atoms with Crippen molar-refractivity contribution in [2.75, 3.05) is 13.1 Å². The van der Waals surface area contributed by atoms with Gasteiger partial charge in [-0.25, -0.2) is 0 Å². The molecule has 1 unspecified atom stereocenters. The van der Waals surface area contributed by atoms with Gasteiger partial charge in [0.05, 0.1) is 5.52 Å². The molecular weight excluding hydrogens is 238 g/mol. The molecule has 19 heavy (non-hydrogen) atoms. The van der Waals surface area contributed by atoms with Gasteiger partial charge >= 0.3 is 0 Å². The molecular formula is C15H17N3O. The van der Waals surface area contributed by atoms with Gasteiger partial charge in [0.1, 0.15) is 0 Å². The Labute approximate surface area is 112 Å². The number of fused-ring (bicyclic) bond motifs is 1. The lowest BCUT2D eigenvalue weighted by atomic mass is 10.2. The molecule has 2 N–H and O–H groups in total. The lowest BCUT2D eigenvalue weighted by Crippen LogP contribution is -2.30. The van der Waals surface area contributed by atoms with Crippen molar-refractivity contribution in [3.8, 4) is 0 Å². The lowest BCUT2D eigenvalue weighted by molar-refractivity contribution is -0.127. The maximum Gasteiger partial charge on any atom is 0.224 e. The first kappa shape index (κ1) is 12.1. The maximum absolute atomic E-state index is 11.6. The zero-order valence-electron chi connectivity index (χ0n) is 10.7. The van der Waals surface area contributed by atoms with Gasteiger partial charge in [-0.1, -0.05) is 24.3 Å². The summed E-state index contributed by atoms with van der Waals surface area (Å²) in [5.74, 6) is 0.160. The van der Waals surface area contributed by atoms with Gasteiger partial charge in [-0.2, -0.15) is 0 Å². The van der Waals surface area contributed by atoms with Crippen LogP contribution in [-0.2, 0) is 11.2 Å². The van der Waals surface area contributed by atoms with Crippen molar-refractivity contribution < 1.29 is 4.79 Å². The van der Waals surface area contributed by atoms with Crippen LogP contribution in [0.15, 0.2) is 36.4 Å². The second-order valence-electron chi connectivity index (χ2n) is 5.05. The van der Waals surface area contributed by atoms with Crippen LogP contribution in [0.25, 0.3) is 10.9 Å². The zero-order chi connectivity index (χ0) is 13.2. The predicted octanol–water partition coefficient (Wildman–Crippen LogP) is 1.34. The van der Waals surface area contributed by atoms with E-state index in [-0.39, 0.29) is 11.9 Å². The highest BCUT2D eigenvalue weighted by Crippen LogP contribution is 2.14. The number of likely N-dealkylation sites (tertiary alicyclic amines) is 1. The maximum atomic E-state index is 11.6. The van der Waals surface area contributed by atoms with Gasteiger partial charge in [0.25, 0.3) is 0 Å². The summed E-state index contributed by atoms with van der Waals surface area (Å²) in [4.78, 5) is 18.1. The van der Waals surface area contributed by atoms with Crippen molar-refractivity contribution in [3.05, 3.63) is 42.1 Å². The van der Waals surface area contributed by atoms with E-state index in [2.05, 4.69) is 17.1 Å². The Morgan fingerprint density at radius 3 is 2.89 bits per heavy atom. The average Bonchev–Trinajstić information content (AvgIpc) is 2.74. The van der Waals surface area contributed by atoms with E-state index in [1.807, 2.05) is 29.2 Å². The SMILES string of the molecule is NC1CC(=O)N(CCc2ccc3ccccc3n2)C1. The van der Waals surface area contributed by atoms with Crippen molar-refractivity contribution in [2.24, 2.45) is 5.73 Å². The van der Waals surface area contributed by atoms with Gasteiger partial charge in [-0.3, -0.25) is 9.78 Å². The van der Waals surface area contributed by atoms with Crippen LogP contribution in [0, 0.1) is 0 Å². The first-order valence-corrected chi connectivity index (χ1v) is 6.60. The van der Waals surface area contributed by atoms with Crippen molar-refractivity contribution in [1.82, 2.24) is 9.88 Å². The molecule has 1 aromatic carbocycles. The number of nitrogens with two attached hydrogens (primary N) is 1. The van der Waals surface area contributed by atoms with Crippen LogP contribution < -0.4 is 5.73 Å². The number of carbonyl (C=O) groups is 1. The third kappa shape index (κ3) is 2.58. The van der Waals surface area contributed by atoms with E-state index in [4.69, 9.17) is 5.73 Å². The van der Waals surface area contributed by atoms with E-state index in [1.54, 1.807) is 0 Å². The van der Waals surface area contributed by atoms with Crippen molar-refractivity contribution >= 4 is 16.8 Å². The van der Waals surface area contributed by atoms with Crippen LogP contribution in [0.3, 0.4) is 0 Å². The second-order valence-corrected chi connectivity index (χ2v) is 5.05. The molecule has 4 nitrogen and oxygen atoms in total. The van der Waals surface area contributed by atoms with Crippen LogP contribution in [0.5, 0.6) is 0 Å². The van der Waals surface area contributed by atoms with Gasteiger partial charge in [0.15, 0.2) is 0 Å². The predicted molar refractivity (Wildman–Crippen MR) is 74.6 cm³/mol. The average molecular weight is 255 g/mol. The Morgan fingerprint density at radius 2 is 2.11 bits per heavy atom. The minimum absolute atomic E-state index is 0.00272. The highest BCUT2D eigenvalue weighted by Gasteiger charge is 2.26. The molecule has 1 fully saturated rings. The molecule has 3 rings (SSSR count). The minimum atomic E-state index is -0.00272. The van der Waals surface area contributed by atoms with E-state index in [9.17, 15) is 4.79 Å². The summed E-state index contributed by atoms with van der Waals surface area (Å²) in [6.07, 6.45) is 1.26. The fourth-order valence-corrected chi connectivity index (χ4v) is 2.52. The molecule has 0 saturated carbocycles. The summed E-state index contributed by atoms with van der Waals surface area (Å²) < 4.78 is 0. The molecule has 1 amide bonds. The quantitative estimate of drug-likeness (QED) is 0.900. The fraction of sp³-hybridized carbons (Fsp3) is 0.333. The number of nitrogens with zero attached hydrogens (tertiary/aromatic N) is 2. The third-order valence-corrected chi connectivity index (χ3v) is 3.54. The summed E-state index contributed by atoms with van der Waals surface area (Å²) in [5.41, 5.74) is 7.81. The second kappa shape index (κ2) is 4.97. The Bertz CT molecular complexity index is 611. The molecule has 1 saturated heterocycles. The van der Waals surface area contributed by atoms with E-state index in [1.165, 1.54) is 0 Å². The Balaban J connectivity index is 1.70. The number of pyridine rings is 1. The van der Waals surface area contributed by atoms with Crippen molar-refractivity contribution in [2.45, 2.75) is 18.9 Å².